The first-order valence-electron chi connectivity index (χ1n) is 6.93. The van der Waals surface area contributed by atoms with Gasteiger partial charge in [0.15, 0.2) is 0 Å². The summed E-state index contributed by atoms with van der Waals surface area (Å²) in [5.41, 5.74) is 0.957. The highest BCUT2D eigenvalue weighted by Gasteiger charge is 2.28. The number of aryl methyl sites for hydroxylation is 1. The van der Waals surface area contributed by atoms with Crippen LogP contribution in [-0.2, 0) is 11.2 Å². The molecule has 1 aliphatic heterocycles. The van der Waals surface area contributed by atoms with E-state index in [4.69, 9.17) is 16.3 Å². The average Bonchev–Trinajstić information content (AvgIpc) is 2.36. The Bertz CT molecular complexity index is 445. The molecule has 0 aromatic carbocycles. The molecule has 2 heterocycles. The lowest BCUT2D eigenvalue weighted by Crippen LogP contribution is -2.41. The highest BCUT2D eigenvalue weighted by molar-refractivity contribution is 6.30. The minimum Gasteiger partial charge on any atom is -0.381 e. The van der Waals surface area contributed by atoms with Gasteiger partial charge in [-0.1, -0.05) is 18.5 Å². The molecule has 0 radical (unpaired) electrons. The summed E-state index contributed by atoms with van der Waals surface area (Å²) in [6.45, 7) is 7.88. The molecule has 0 aliphatic carbocycles. The second-order valence-electron chi connectivity index (χ2n) is 5.45. The maximum atomic E-state index is 6.20. The molecule has 1 aromatic rings. The van der Waals surface area contributed by atoms with Gasteiger partial charge in [-0.2, -0.15) is 0 Å². The SMILES string of the molecule is CCCc1nc(Cl)c(C)c(NC2(C)CCOCC2)n1. The van der Waals surface area contributed by atoms with Gasteiger partial charge < -0.3 is 10.1 Å². The number of ether oxygens (including phenoxy) is 1. The Morgan fingerprint density at radius 1 is 1.32 bits per heavy atom. The van der Waals surface area contributed by atoms with Crippen molar-refractivity contribution >= 4 is 17.4 Å². The Morgan fingerprint density at radius 3 is 2.63 bits per heavy atom. The molecule has 1 N–H and O–H groups in total. The first-order valence-corrected chi connectivity index (χ1v) is 7.31. The molecule has 1 saturated heterocycles. The van der Waals surface area contributed by atoms with Crippen molar-refractivity contribution in [2.24, 2.45) is 0 Å². The number of halogens is 1. The van der Waals surface area contributed by atoms with Gasteiger partial charge in [0, 0.05) is 30.7 Å². The van der Waals surface area contributed by atoms with Gasteiger partial charge in [-0.15, -0.1) is 0 Å². The molecule has 1 aromatic heterocycles. The standard InChI is InChI=1S/C14H22ClN3O/c1-4-5-11-16-12(15)10(2)13(17-11)18-14(3)6-8-19-9-7-14/h4-9H2,1-3H3,(H,16,17,18). The van der Waals surface area contributed by atoms with Gasteiger partial charge in [0.05, 0.1) is 0 Å². The molecule has 1 fully saturated rings. The van der Waals surface area contributed by atoms with E-state index in [9.17, 15) is 0 Å². The van der Waals surface area contributed by atoms with Gasteiger partial charge in [0.25, 0.3) is 0 Å². The molecular weight excluding hydrogens is 262 g/mol. The van der Waals surface area contributed by atoms with Gasteiger partial charge in [-0.25, -0.2) is 9.97 Å². The molecule has 0 unspecified atom stereocenters. The van der Waals surface area contributed by atoms with Crippen LogP contribution < -0.4 is 5.32 Å². The van der Waals surface area contributed by atoms with E-state index in [0.29, 0.717) is 5.15 Å². The Hall–Kier alpha value is -0.870. The molecule has 19 heavy (non-hydrogen) atoms. The quantitative estimate of drug-likeness (QED) is 0.861. The molecular formula is C14H22ClN3O. The molecule has 0 atom stereocenters. The van der Waals surface area contributed by atoms with E-state index in [1.54, 1.807) is 0 Å². The third-order valence-electron chi connectivity index (χ3n) is 3.62. The summed E-state index contributed by atoms with van der Waals surface area (Å²) in [4.78, 5) is 8.94. The topological polar surface area (TPSA) is 47.0 Å². The number of nitrogens with zero attached hydrogens (tertiary/aromatic N) is 2. The lowest BCUT2D eigenvalue weighted by atomic mass is 9.92. The maximum absolute atomic E-state index is 6.20. The van der Waals surface area contributed by atoms with Crippen LogP contribution in [0.1, 0.15) is 44.5 Å². The molecule has 0 spiro atoms. The monoisotopic (exact) mass is 283 g/mol. The zero-order valence-corrected chi connectivity index (χ0v) is 12.7. The number of anilines is 1. The molecule has 0 bridgehead atoms. The number of nitrogens with one attached hydrogen (secondary N) is 1. The van der Waals surface area contributed by atoms with Crippen molar-refractivity contribution in [3.63, 3.8) is 0 Å². The van der Waals surface area contributed by atoms with E-state index < -0.39 is 0 Å². The molecule has 5 heteroatoms. The van der Waals surface area contributed by atoms with Crippen molar-refractivity contribution in [1.82, 2.24) is 9.97 Å². The molecule has 4 nitrogen and oxygen atoms in total. The molecule has 1 aliphatic rings. The molecule has 106 valence electrons. The van der Waals surface area contributed by atoms with E-state index in [1.165, 1.54) is 0 Å². The fourth-order valence-corrected chi connectivity index (χ4v) is 2.41. The summed E-state index contributed by atoms with van der Waals surface area (Å²) in [5, 5.41) is 4.10. The van der Waals surface area contributed by atoms with E-state index in [-0.39, 0.29) is 5.54 Å². The van der Waals surface area contributed by atoms with E-state index in [1.807, 2.05) is 6.92 Å². The van der Waals surface area contributed by atoms with Crippen LogP contribution in [0.3, 0.4) is 0 Å². The predicted molar refractivity (Wildman–Crippen MR) is 77.9 cm³/mol. The van der Waals surface area contributed by atoms with Crippen molar-refractivity contribution in [1.29, 1.82) is 0 Å². The number of hydrogen-bond acceptors (Lipinski definition) is 4. The second kappa shape index (κ2) is 6.06. The number of aromatic nitrogens is 2. The van der Waals surface area contributed by atoms with Gasteiger partial charge >= 0.3 is 0 Å². The fourth-order valence-electron chi connectivity index (χ4n) is 2.22. The van der Waals surface area contributed by atoms with Gasteiger partial charge in [0.1, 0.15) is 16.8 Å². The van der Waals surface area contributed by atoms with Crippen LogP contribution in [-0.4, -0.2) is 28.7 Å². The predicted octanol–water partition coefficient (Wildman–Crippen LogP) is 3.37. The van der Waals surface area contributed by atoms with Gasteiger partial charge in [-0.05, 0) is 33.1 Å². The summed E-state index contributed by atoms with van der Waals surface area (Å²) in [7, 11) is 0. The van der Waals surface area contributed by atoms with Crippen LogP contribution >= 0.6 is 11.6 Å². The average molecular weight is 284 g/mol. The summed E-state index contributed by atoms with van der Waals surface area (Å²) in [6.07, 6.45) is 3.84. The lowest BCUT2D eigenvalue weighted by molar-refractivity contribution is 0.0657. The first kappa shape index (κ1) is 14.5. The van der Waals surface area contributed by atoms with E-state index >= 15 is 0 Å². The molecule has 0 saturated carbocycles. The minimum atomic E-state index is 0.0319. The smallest absolute Gasteiger partial charge is 0.137 e. The van der Waals surface area contributed by atoms with Crippen molar-refractivity contribution in [3.8, 4) is 0 Å². The zero-order chi connectivity index (χ0) is 13.9. The highest BCUT2D eigenvalue weighted by Crippen LogP contribution is 2.28. The Labute approximate surface area is 119 Å². The summed E-state index contributed by atoms with van der Waals surface area (Å²) >= 11 is 6.20. The van der Waals surface area contributed by atoms with Crippen molar-refractivity contribution in [2.45, 2.75) is 52.0 Å². The third kappa shape index (κ3) is 3.57. The number of rotatable bonds is 4. The van der Waals surface area contributed by atoms with E-state index in [2.05, 4.69) is 29.1 Å². The Kier molecular flexibility index (Phi) is 4.63. The van der Waals surface area contributed by atoms with Crippen molar-refractivity contribution in [2.75, 3.05) is 18.5 Å². The lowest BCUT2D eigenvalue weighted by Gasteiger charge is -2.35. The van der Waals surface area contributed by atoms with Crippen LogP contribution in [0.25, 0.3) is 0 Å². The second-order valence-corrected chi connectivity index (χ2v) is 5.81. The van der Waals surface area contributed by atoms with E-state index in [0.717, 1.165) is 56.1 Å². The first-order chi connectivity index (χ1) is 9.04. The summed E-state index contributed by atoms with van der Waals surface area (Å²) in [5.74, 6) is 1.68. The molecule has 0 amide bonds. The zero-order valence-electron chi connectivity index (χ0n) is 11.9. The minimum absolute atomic E-state index is 0.0319. The van der Waals surface area contributed by atoms with Crippen molar-refractivity contribution < 1.29 is 4.74 Å². The normalized spacial score (nSPS) is 18.3. The largest absolute Gasteiger partial charge is 0.381 e. The highest BCUT2D eigenvalue weighted by atomic mass is 35.5. The Morgan fingerprint density at radius 2 is 2.00 bits per heavy atom. The van der Waals surface area contributed by atoms with Crippen LogP contribution in [0.4, 0.5) is 5.82 Å². The molecule has 2 rings (SSSR count). The van der Waals surface area contributed by atoms with Crippen LogP contribution in [0.2, 0.25) is 5.15 Å². The van der Waals surface area contributed by atoms with Crippen molar-refractivity contribution in [3.05, 3.63) is 16.5 Å². The Balaban J connectivity index is 2.22. The van der Waals surface area contributed by atoms with Gasteiger partial charge in [0.2, 0.25) is 0 Å². The maximum Gasteiger partial charge on any atom is 0.137 e. The van der Waals surface area contributed by atoms with Gasteiger partial charge in [-0.3, -0.25) is 0 Å². The summed E-state index contributed by atoms with van der Waals surface area (Å²) < 4.78 is 5.42. The van der Waals surface area contributed by atoms with Crippen LogP contribution in [0.5, 0.6) is 0 Å². The fraction of sp³-hybridized carbons (Fsp3) is 0.714. The van der Waals surface area contributed by atoms with Crippen LogP contribution in [0, 0.1) is 6.92 Å². The third-order valence-corrected chi connectivity index (χ3v) is 3.99. The number of hydrogen-bond donors (Lipinski definition) is 1. The summed E-state index contributed by atoms with van der Waals surface area (Å²) in [6, 6.07) is 0. The van der Waals surface area contributed by atoms with Crippen LogP contribution in [0.15, 0.2) is 0 Å².